The first kappa shape index (κ1) is 12.5. The largest absolute Gasteiger partial charge is 0.466 e. The number of amides is 3. The van der Waals surface area contributed by atoms with Crippen LogP contribution < -0.4 is 5.32 Å². The van der Waals surface area contributed by atoms with Crippen molar-refractivity contribution in [2.24, 2.45) is 0 Å². The molecule has 2 heterocycles. The standard InChI is InChI=1S/C11H10ClN3O3/c1-11(8-3-2-4-18-8)9(16)15(10(17)14-11)6-7(12)5-13/h2-4,7H,6H2,1H3,(H,14,17). The van der Waals surface area contributed by atoms with Crippen LogP contribution in [0.4, 0.5) is 4.79 Å². The Hall–Kier alpha value is -2.00. The third-order valence-electron chi connectivity index (χ3n) is 2.77. The third kappa shape index (κ3) is 1.83. The van der Waals surface area contributed by atoms with Gasteiger partial charge in [-0.25, -0.2) is 4.79 Å². The molecule has 0 radical (unpaired) electrons. The van der Waals surface area contributed by atoms with Crippen molar-refractivity contribution in [3.63, 3.8) is 0 Å². The predicted octanol–water partition coefficient (Wildman–Crippen LogP) is 1.18. The lowest BCUT2D eigenvalue weighted by atomic mass is 9.99. The van der Waals surface area contributed by atoms with Crippen LogP contribution in [-0.4, -0.2) is 28.8 Å². The molecule has 1 aromatic rings. The summed E-state index contributed by atoms with van der Waals surface area (Å²) in [4.78, 5) is 24.9. The summed E-state index contributed by atoms with van der Waals surface area (Å²) in [5.41, 5.74) is -1.24. The van der Waals surface area contributed by atoms with Crippen LogP contribution in [0.25, 0.3) is 0 Å². The average Bonchev–Trinajstić information content (AvgIpc) is 2.93. The smallest absolute Gasteiger partial charge is 0.325 e. The molecular weight excluding hydrogens is 258 g/mol. The van der Waals surface area contributed by atoms with Crippen LogP contribution >= 0.6 is 11.6 Å². The number of nitrogens with zero attached hydrogens (tertiary/aromatic N) is 2. The van der Waals surface area contributed by atoms with Crippen molar-refractivity contribution < 1.29 is 14.0 Å². The highest BCUT2D eigenvalue weighted by Gasteiger charge is 2.51. The van der Waals surface area contributed by atoms with Gasteiger partial charge in [0, 0.05) is 0 Å². The number of halogens is 1. The monoisotopic (exact) mass is 267 g/mol. The fourth-order valence-electron chi connectivity index (χ4n) is 1.79. The molecule has 1 aromatic heterocycles. The third-order valence-corrected chi connectivity index (χ3v) is 3.01. The van der Waals surface area contributed by atoms with Gasteiger partial charge in [-0.2, -0.15) is 5.26 Å². The Labute approximate surface area is 108 Å². The Kier molecular flexibility index (Phi) is 3.01. The predicted molar refractivity (Wildman–Crippen MR) is 61.6 cm³/mol. The molecule has 1 aliphatic heterocycles. The molecule has 2 atom stereocenters. The molecule has 0 bridgehead atoms. The van der Waals surface area contributed by atoms with E-state index in [1.54, 1.807) is 25.1 Å². The maximum absolute atomic E-state index is 12.2. The lowest BCUT2D eigenvalue weighted by molar-refractivity contribution is -0.131. The number of hydrogen-bond acceptors (Lipinski definition) is 4. The van der Waals surface area contributed by atoms with Crippen molar-refractivity contribution in [1.82, 2.24) is 10.2 Å². The van der Waals surface area contributed by atoms with Crippen LogP contribution in [0, 0.1) is 11.3 Å². The molecule has 94 valence electrons. The van der Waals surface area contributed by atoms with Crippen molar-refractivity contribution >= 4 is 23.5 Å². The van der Waals surface area contributed by atoms with Gasteiger partial charge in [0.15, 0.2) is 5.54 Å². The summed E-state index contributed by atoms with van der Waals surface area (Å²) in [6.45, 7) is 1.39. The molecule has 0 aromatic carbocycles. The van der Waals surface area contributed by atoms with Crippen molar-refractivity contribution in [2.75, 3.05) is 6.54 Å². The van der Waals surface area contributed by atoms with E-state index in [0.29, 0.717) is 5.76 Å². The van der Waals surface area contributed by atoms with Gasteiger partial charge in [0.1, 0.15) is 11.1 Å². The van der Waals surface area contributed by atoms with Gasteiger partial charge in [0.05, 0.1) is 18.9 Å². The van der Waals surface area contributed by atoms with Crippen molar-refractivity contribution in [3.05, 3.63) is 24.2 Å². The molecule has 3 amide bonds. The molecule has 0 saturated carbocycles. The van der Waals surface area contributed by atoms with Crippen molar-refractivity contribution in [3.8, 4) is 6.07 Å². The topological polar surface area (TPSA) is 86.3 Å². The number of urea groups is 1. The Morgan fingerprint density at radius 1 is 1.67 bits per heavy atom. The minimum atomic E-state index is -1.24. The Bertz CT molecular complexity index is 522. The number of nitriles is 1. The Balaban J connectivity index is 2.27. The van der Waals surface area contributed by atoms with Crippen LogP contribution in [-0.2, 0) is 10.3 Å². The van der Waals surface area contributed by atoms with E-state index >= 15 is 0 Å². The van der Waals surface area contributed by atoms with Crippen LogP contribution in [0.3, 0.4) is 0 Å². The number of nitrogens with one attached hydrogen (secondary N) is 1. The van der Waals surface area contributed by atoms with Gasteiger partial charge in [0.25, 0.3) is 5.91 Å². The van der Waals surface area contributed by atoms with E-state index < -0.39 is 22.9 Å². The molecule has 2 unspecified atom stereocenters. The summed E-state index contributed by atoms with van der Waals surface area (Å²) in [7, 11) is 0. The number of imide groups is 1. The zero-order valence-corrected chi connectivity index (χ0v) is 10.3. The van der Waals surface area contributed by atoms with Crippen molar-refractivity contribution in [1.29, 1.82) is 5.26 Å². The highest BCUT2D eigenvalue weighted by molar-refractivity contribution is 6.23. The second-order valence-electron chi connectivity index (χ2n) is 4.04. The molecule has 7 heteroatoms. The lowest BCUT2D eigenvalue weighted by Gasteiger charge is -2.19. The lowest BCUT2D eigenvalue weighted by Crippen LogP contribution is -2.41. The van der Waals surface area contributed by atoms with Crippen LogP contribution in [0.2, 0.25) is 0 Å². The van der Waals surface area contributed by atoms with E-state index in [1.807, 2.05) is 0 Å². The molecule has 2 rings (SSSR count). The summed E-state index contributed by atoms with van der Waals surface area (Å²) in [6, 6.07) is 4.41. The van der Waals surface area contributed by atoms with E-state index in [0.717, 1.165) is 4.90 Å². The highest BCUT2D eigenvalue weighted by Crippen LogP contribution is 2.29. The van der Waals surface area contributed by atoms with Crippen LogP contribution in [0.1, 0.15) is 12.7 Å². The van der Waals surface area contributed by atoms with Crippen molar-refractivity contribution in [2.45, 2.75) is 17.8 Å². The molecule has 1 saturated heterocycles. The minimum Gasteiger partial charge on any atom is -0.466 e. The number of rotatable bonds is 3. The van der Waals surface area contributed by atoms with E-state index in [1.165, 1.54) is 6.26 Å². The maximum atomic E-state index is 12.2. The van der Waals surface area contributed by atoms with E-state index in [2.05, 4.69) is 5.32 Å². The normalized spacial score (nSPS) is 24.8. The summed E-state index contributed by atoms with van der Waals surface area (Å²) >= 11 is 5.64. The number of alkyl halides is 1. The highest BCUT2D eigenvalue weighted by atomic mass is 35.5. The zero-order valence-electron chi connectivity index (χ0n) is 9.51. The molecule has 1 N–H and O–H groups in total. The van der Waals surface area contributed by atoms with Gasteiger partial charge < -0.3 is 9.73 Å². The second-order valence-corrected chi connectivity index (χ2v) is 4.57. The molecule has 6 nitrogen and oxygen atoms in total. The van der Waals surface area contributed by atoms with E-state index in [9.17, 15) is 9.59 Å². The first-order valence-electron chi connectivity index (χ1n) is 5.21. The SMILES string of the molecule is CC1(c2ccco2)NC(=O)N(CC(Cl)C#N)C1=O. The average molecular weight is 268 g/mol. The van der Waals surface area contributed by atoms with E-state index in [4.69, 9.17) is 21.3 Å². The first-order chi connectivity index (χ1) is 8.49. The fraction of sp³-hybridized carbons (Fsp3) is 0.364. The zero-order chi connectivity index (χ0) is 13.3. The van der Waals surface area contributed by atoms with Crippen LogP contribution in [0.5, 0.6) is 0 Å². The minimum absolute atomic E-state index is 0.154. The number of furan rings is 1. The number of hydrogen-bond donors (Lipinski definition) is 1. The molecule has 1 fully saturated rings. The van der Waals surface area contributed by atoms with Gasteiger partial charge in [-0.1, -0.05) is 0 Å². The molecule has 0 spiro atoms. The second kappa shape index (κ2) is 4.35. The first-order valence-corrected chi connectivity index (χ1v) is 5.64. The Morgan fingerprint density at radius 2 is 2.39 bits per heavy atom. The summed E-state index contributed by atoms with van der Waals surface area (Å²) in [6.07, 6.45) is 1.42. The summed E-state index contributed by atoms with van der Waals surface area (Å²) in [5, 5.41) is 10.2. The van der Waals surface area contributed by atoms with Gasteiger partial charge >= 0.3 is 6.03 Å². The summed E-state index contributed by atoms with van der Waals surface area (Å²) in [5.74, 6) is -0.144. The number of carbonyl (C=O) groups excluding carboxylic acids is 2. The molecule has 1 aliphatic rings. The number of carbonyl (C=O) groups is 2. The van der Waals surface area contributed by atoms with Gasteiger partial charge in [-0.15, -0.1) is 11.6 Å². The van der Waals surface area contributed by atoms with Gasteiger partial charge in [-0.05, 0) is 19.1 Å². The van der Waals surface area contributed by atoms with Gasteiger partial charge in [-0.3, -0.25) is 9.69 Å². The molecule has 18 heavy (non-hydrogen) atoms. The van der Waals surface area contributed by atoms with Crippen LogP contribution in [0.15, 0.2) is 22.8 Å². The quantitative estimate of drug-likeness (QED) is 0.658. The molecule has 0 aliphatic carbocycles. The van der Waals surface area contributed by atoms with Gasteiger partial charge in [0.2, 0.25) is 0 Å². The van der Waals surface area contributed by atoms with E-state index in [-0.39, 0.29) is 6.54 Å². The Morgan fingerprint density at radius 3 is 2.94 bits per heavy atom. The fourth-order valence-corrected chi connectivity index (χ4v) is 1.93. The summed E-state index contributed by atoms with van der Waals surface area (Å²) < 4.78 is 5.16. The molecular formula is C11H10ClN3O3. The maximum Gasteiger partial charge on any atom is 0.325 e.